The Bertz CT molecular complexity index is 1060. The molecule has 3 rings (SSSR count). The Morgan fingerprint density at radius 3 is 2.31 bits per heavy atom. The van der Waals surface area contributed by atoms with E-state index in [1.54, 1.807) is 19.9 Å². The Labute approximate surface area is 185 Å². The van der Waals surface area contributed by atoms with Crippen molar-refractivity contribution in [3.8, 4) is 0 Å². The third-order valence-corrected chi connectivity index (χ3v) is 7.37. The molecule has 0 spiro atoms. The molecule has 2 heterocycles. The second kappa shape index (κ2) is 9.45. The molecule has 32 heavy (non-hydrogen) atoms. The summed E-state index contributed by atoms with van der Waals surface area (Å²) in [4.78, 5) is 18.1. The predicted molar refractivity (Wildman–Crippen MR) is 115 cm³/mol. The summed E-state index contributed by atoms with van der Waals surface area (Å²) in [6, 6.07) is 6.34. The first-order valence-corrected chi connectivity index (χ1v) is 11.8. The van der Waals surface area contributed by atoms with E-state index >= 15 is 0 Å². The molecule has 11 heteroatoms. The minimum Gasteiger partial charge on any atom is -0.370 e. The van der Waals surface area contributed by atoms with Gasteiger partial charge in [-0.3, -0.25) is 9.78 Å². The largest absolute Gasteiger partial charge is 0.433 e. The number of alkyl halides is 3. The van der Waals surface area contributed by atoms with Crippen LogP contribution in [0.3, 0.4) is 0 Å². The first kappa shape index (κ1) is 24.0. The second-order valence-corrected chi connectivity index (χ2v) is 9.28. The SMILES string of the molecule is CCN(CC)S(=O)(=O)c1ccc(N2CCCC2)c(NC(=O)c2ccc(C(F)(F)F)nc2)c1. The van der Waals surface area contributed by atoms with E-state index in [-0.39, 0.29) is 16.1 Å². The van der Waals surface area contributed by atoms with Crippen molar-refractivity contribution in [1.82, 2.24) is 9.29 Å². The molecule has 7 nitrogen and oxygen atoms in total. The zero-order valence-electron chi connectivity index (χ0n) is 17.8. The average Bonchev–Trinajstić information content (AvgIpc) is 3.28. The summed E-state index contributed by atoms with van der Waals surface area (Å²) in [5, 5.41) is 2.66. The van der Waals surface area contributed by atoms with Crippen LogP contribution in [-0.4, -0.2) is 49.8 Å². The van der Waals surface area contributed by atoms with Gasteiger partial charge < -0.3 is 10.2 Å². The molecule has 1 fully saturated rings. The third kappa shape index (κ3) is 5.04. The molecular formula is C21H25F3N4O3S. The van der Waals surface area contributed by atoms with Crippen LogP contribution in [0.5, 0.6) is 0 Å². The molecule has 0 bridgehead atoms. The molecule has 2 aromatic rings. The van der Waals surface area contributed by atoms with Gasteiger partial charge in [0.15, 0.2) is 0 Å². The van der Waals surface area contributed by atoms with Gasteiger partial charge in [-0.2, -0.15) is 17.5 Å². The second-order valence-electron chi connectivity index (χ2n) is 7.35. The van der Waals surface area contributed by atoms with Crippen molar-refractivity contribution in [2.45, 2.75) is 37.8 Å². The van der Waals surface area contributed by atoms with Crippen molar-refractivity contribution >= 4 is 27.3 Å². The summed E-state index contributed by atoms with van der Waals surface area (Å²) in [5.41, 5.74) is -0.222. The average molecular weight is 471 g/mol. The van der Waals surface area contributed by atoms with E-state index in [1.165, 1.54) is 16.4 Å². The number of carbonyl (C=O) groups is 1. The van der Waals surface area contributed by atoms with Crippen molar-refractivity contribution in [1.29, 1.82) is 0 Å². The highest BCUT2D eigenvalue weighted by Crippen LogP contribution is 2.33. The van der Waals surface area contributed by atoms with Crippen LogP contribution in [0.1, 0.15) is 42.7 Å². The lowest BCUT2D eigenvalue weighted by Crippen LogP contribution is -2.31. The molecule has 174 valence electrons. The number of benzene rings is 1. The summed E-state index contributed by atoms with van der Waals surface area (Å²) in [7, 11) is -3.76. The van der Waals surface area contributed by atoms with E-state index < -0.39 is 27.8 Å². The summed E-state index contributed by atoms with van der Waals surface area (Å²) >= 11 is 0. The summed E-state index contributed by atoms with van der Waals surface area (Å²) in [6.07, 6.45) is -1.82. The van der Waals surface area contributed by atoms with Crippen molar-refractivity contribution in [2.24, 2.45) is 0 Å². The van der Waals surface area contributed by atoms with Crippen LogP contribution >= 0.6 is 0 Å². The fourth-order valence-corrected chi connectivity index (χ4v) is 5.10. The smallest absolute Gasteiger partial charge is 0.370 e. The van der Waals surface area contributed by atoms with Crippen LogP contribution in [0, 0.1) is 0 Å². The maximum absolute atomic E-state index is 12.9. The number of rotatable bonds is 7. The number of halogens is 3. The Balaban J connectivity index is 1.96. The Morgan fingerprint density at radius 2 is 1.78 bits per heavy atom. The molecular weight excluding hydrogens is 445 g/mol. The molecule has 0 saturated carbocycles. The number of carbonyl (C=O) groups excluding carboxylic acids is 1. The summed E-state index contributed by atoms with van der Waals surface area (Å²) in [5.74, 6) is -0.677. The first-order valence-electron chi connectivity index (χ1n) is 10.3. The number of aromatic nitrogens is 1. The van der Waals surface area contributed by atoms with E-state index in [9.17, 15) is 26.4 Å². The van der Waals surface area contributed by atoms with Gasteiger partial charge >= 0.3 is 6.18 Å². The fraction of sp³-hybridized carbons (Fsp3) is 0.429. The van der Waals surface area contributed by atoms with Crippen molar-refractivity contribution in [3.05, 3.63) is 47.8 Å². The Hall–Kier alpha value is -2.66. The van der Waals surface area contributed by atoms with Crippen LogP contribution < -0.4 is 10.2 Å². The standard InChI is InChI=1S/C21H25F3N4O3S/c1-3-28(4-2)32(30,31)16-8-9-18(27-11-5-6-12-27)17(13-16)26-20(29)15-7-10-19(25-14-15)21(22,23)24/h7-10,13-14H,3-6,11-12H2,1-2H3,(H,26,29). The summed E-state index contributed by atoms with van der Waals surface area (Å²) < 4.78 is 65.4. The number of hydrogen-bond donors (Lipinski definition) is 1. The maximum Gasteiger partial charge on any atom is 0.433 e. The van der Waals surface area contributed by atoms with Crippen molar-refractivity contribution < 1.29 is 26.4 Å². The number of sulfonamides is 1. The van der Waals surface area contributed by atoms with E-state index in [0.717, 1.165) is 44.3 Å². The first-order chi connectivity index (χ1) is 15.1. The Morgan fingerprint density at radius 1 is 1.12 bits per heavy atom. The van der Waals surface area contributed by atoms with Crippen LogP contribution in [0.2, 0.25) is 0 Å². The zero-order valence-corrected chi connectivity index (χ0v) is 18.6. The molecule has 1 aliphatic rings. The number of amides is 1. The van der Waals surface area contributed by atoms with Crippen LogP contribution in [0.25, 0.3) is 0 Å². The molecule has 1 N–H and O–H groups in total. The monoisotopic (exact) mass is 470 g/mol. The molecule has 0 unspecified atom stereocenters. The lowest BCUT2D eigenvalue weighted by atomic mass is 10.2. The number of anilines is 2. The van der Waals surface area contributed by atoms with Gasteiger partial charge in [-0.15, -0.1) is 0 Å². The van der Waals surface area contributed by atoms with Gasteiger partial charge in [0, 0.05) is 32.4 Å². The van der Waals surface area contributed by atoms with Gasteiger partial charge in [0.05, 0.1) is 21.8 Å². The molecule has 1 saturated heterocycles. The van der Waals surface area contributed by atoms with Gasteiger partial charge in [-0.25, -0.2) is 8.42 Å². The minimum atomic E-state index is -4.61. The van der Waals surface area contributed by atoms with E-state index in [4.69, 9.17) is 0 Å². The number of nitrogens with zero attached hydrogens (tertiary/aromatic N) is 3. The quantitative estimate of drug-likeness (QED) is 0.662. The Kier molecular flexibility index (Phi) is 7.09. The number of nitrogens with one attached hydrogen (secondary N) is 1. The van der Waals surface area contributed by atoms with E-state index in [0.29, 0.717) is 18.8 Å². The molecule has 0 atom stereocenters. The molecule has 1 aliphatic heterocycles. The topological polar surface area (TPSA) is 82.6 Å². The lowest BCUT2D eigenvalue weighted by molar-refractivity contribution is -0.141. The molecule has 1 aromatic carbocycles. The van der Waals surface area contributed by atoms with Gasteiger partial charge in [0.25, 0.3) is 5.91 Å². The van der Waals surface area contributed by atoms with Crippen molar-refractivity contribution in [3.63, 3.8) is 0 Å². The lowest BCUT2D eigenvalue weighted by Gasteiger charge is -2.24. The molecule has 1 amide bonds. The fourth-order valence-electron chi connectivity index (χ4n) is 3.61. The minimum absolute atomic E-state index is 0.0324. The van der Waals surface area contributed by atoms with Gasteiger partial charge in [-0.1, -0.05) is 13.8 Å². The van der Waals surface area contributed by atoms with Gasteiger partial charge in [0.1, 0.15) is 5.69 Å². The third-order valence-electron chi connectivity index (χ3n) is 5.32. The number of pyridine rings is 1. The van der Waals surface area contributed by atoms with Gasteiger partial charge in [0.2, 0.25) is 10.0 Å². The number of hydrogen-bond acceptors (Lipinski definition) is 5. The van der Waals surface area contributed by atoms with Crippen LogP contribution in [0.15, 0.2) is 41.4 Å². The van der Waals surface area contributed by atoms with E-state index in [1.807, 2.05) is 4.90 Å². The zero-order chi connectivity index (χ0) is 23.5. The molecule has 1 aromatic heterocycles. The normalized spacial score (nSPS) is 14.8. The highest BCUT2D eigenvalue weighted by molar-refractivity contribution is 7.89. The maximum atomic E-state index is 12.9. The van der Waals surface area contributed by atoms with Crippen LogP contribution in [0.4, 0.5) is 24.5 Å². The predicted octanol–water partition coefficient (Wildman–Crippen LogP) is 3.98. The molecule has 0 aliphatic carbocycles. The van der Waals surface area contributed by atoms with Crippen molar-refractivity contribution in [2.75, 3.05) is 36.4 Å². The highest BCUT2D eigenvalue weighted by atomic mass is 32.2. The highest BCUT2D eigenvalue weighted by Gasteiger charge is 2.32. The van der Waals surface area contributed by atoms with E-state index in [2.05, 4.69) is 10.3 Å². The van der Waals surface area contributed by atoms with Crippen LogP contribution in [-0.2, 0) is 16.2 Å². The van der Waals surface area contributed by atoms with Gasteiger partial charge in [-0.05, 0) is 43.2 Å². The molecule has 0 radical (unpaired) electrons. The summed E-state index contributed by atoms with van der Waals surface area (Å²) in [6.45, 7) is 5.58.